The van der Waals surface area contributed by atoms with E-state index in [1.165, 1.54) is 7.11 Å². The van der Waals surface area contributed by atoms with Gasteiger partial charge in [0.25, 0.3) is 0 Å². The number of ether oxygens (including phenoxy) is 1. The van der Waals surface area contributed by atoms with Crippen molar-refractivity contribution in [2.24, 2.45) is 11.7 Å². The molecule has 5 nitrogen and oxygen atoms in total. The number of hydrogen-bond acceptors (Lipinski definition) is 4. The molecule has 2 atom stereocenters. The summed E-state index contributed by atoms with van der Waals surface area (Å²) in [4.78, 5) is 24.6. The van der Waals surface area contributed by atoms with Crippen LogP contribution < -0.4 is 5.73 Å². The van der Waals surface area contributed by atoms with Gasteiger partial charge in [-0.25, -0.2) is 0 Å². The fourth-order valence-corrected chi connectivity index (χ4v) is 1.82. The molecule has 1 saturated heterocycles. The number of esters is 1. The third kappa shape index (κ3) is 2.92. The first-order valence-electron chi connectivity index (χ1n) is 5.18. The summed E-state index contributed by atoms with van der Waals surface area (Å²) in [7, 11) is 1.37. The van der Waals surface area contributed by atoms with Crippen molar-refractivity contribution in [2.75, 3.05) is 20.2 Å². The number of amides is 1. The number of carbonyl (C=O) groups is 2. The van der Waals surface area contributed by atoms with Gasteiger partial charge in [0.05, 0.1) is 19.1 Å². The monoisotopic (exact) mass is 214 g/mol. The first-order chi connectivity index (χ1) is 7.06. The van der Waals surface area contributed by atoms with E-state index < -0.39 is 6.04 Å². The third-order valence-electron chi connectivity index (χ3n) is 2.66. The summed E-state index contributed by atoms with van der Waals surface area (Å²) in [5.41, 5.74) is 5.51. The van der Waals surface area contributed by atoms with Crippen molar-refractivity contribution in [1.29, 1.82) is 0 Å². The van der Waals surface area contributed by atoms with E-state index in [9.17, 15) is 9.59 Å². The van der Waals surface area contributed by atoms with Crippen LogP contribution in [0.25, 0.3) is 0 Å². The molecule has 0 bridgehead atoms. The number of likely N-dealkylation sites (tertiary alicyclic amines) is 1. The molecule has 0 aromatic rings. The number of rotatable bonds is 2. The lowest BCUT2D eigenvalue weighted by Crippen LogP contribution is -2.48. The molecule has 1 amide bonds. The summed E-state index contributed by atoms with van der Waals surface area (Å²) in [5, 5.41) is 0. The highest BCUT2D eigenvalue weighted by Gasteiger charge is 2.29. The van der Waals surface area contributed by atoms with Crippen molar-refractivity contribution in [2.45, 2.75) is 25.8 Å². The normalized spacial score (nSPS) is 23.4. The molecule has 86 valence electrons. The molecular formula is C10H18N2O3. The average molecular weight is 214 g/mol. The molecule has 1 rings (SSSR count). The quantitative estimate of drug-likeness (QED) is 0.643. The van der Waals surface area contributed by atoms with Gasteiger partial charge in [0.15, 0.2) is 0 Å². The molecule has 0 spiro atoms. The molecule has 0 aromatic carbocycles. The van der Waals surface area contributed by atoms with Gasteiger partial charge < -0.3 is 15.4 Å². The summed E-state index contributed by atoms with van der Waals surface area (Å²) in [5.74, 6) is -0.521. The van der Waals surface area contributed by atoms with E-state index in [-0.39, 0.29) is 17.8 Å². The van der Waals surface area contributed by atoms with E-state index in [0.29, 0.717) is 13.1 Å². The Bertz CT molecular complexity index is 253. The highest BCUT2D eigenvalue weighted by atomic mass is 16.5. The van der Waals surface area contributed by atoms with Gasteiger partial charge in [-0.05, 0) is 19.8 Å². The second-order valence-corrected chi connectivity index (χ2v) is 3.94. The van der Waals surface area contributed by atoms with Crippen molar-refractivity contribution >= 4 is 11.9 Å². The molecular weight excluding hydrogens is 196 g/mol. The fraction of sp³-hybridized carbons (Fsp3) is 0.800. The van der Waals surface area contributed by atoms with Crippen LogP contribution in [-0.4, -0.2) is 43.0 Å². The molecule has 0 saturated carbocycles. The van der Waals surface area contributed by atoms with Gasteiger partial charge in [0.2, 0.25) is 5.91 Å². The third-order valence-corrected chi connectivity index (χ3v) is 2.66. The Hall–Kier alpha value is -1.10. The van der Waals surface area contributed by atoms with Gasteiger partial charge >= 0.3 is 5.97 Å². The highest BCUT2D eigenvalue weighted by Crippen LogP contribution is 2.18. The van der Waals surface area contributed by atoms with E-state index in [2.05, 4.69) is 4.74 Å². The van der Waals surface area contributed by atoms with Crippen LogP contribution in [-0.2, 0) is 14.3 Å². The fourth-order valence-electron chi connectivity index (χ4n) is 1.82. The molecule has 0 unspecified atom stereocenters. The first-order valence-corrected chi connectivity index (χ1v) is 5.18. The topological polar surface area (TPSA) is 72.6 Å². The summed E-state index contributed by atoms with van der Waals surface area (Å²) in [6.07, 6.45) is 1.62. The van der Waals surface area contributed by atoms with Crippen molar-refractivity contribution in [1.82, 2.24) is 4.90 Å². The number of hydrogen-bond donors (Lipinski definition) is 1. The van der Waals surface area contributed by atoms with Gasteiger partial charge in [-0.2, -0.15) is 0 Å². The van der Waals surface area contributed by atoms with E-state index >= 15 is 0 Å². The molecule has 1 aliphatic rings. The van der Waals surface area contributed by atoms with Crippen LogP contribution in [0.15, 0.2) is 0 Å². The Kier molecular flexibility index (Phi) is 4.08. The Labute approximate surface area is 89.6 Å². The predicted molar refractivity (Wildman–Crippen MR) is 55.0 cm³/mol. The van der Waals surface area contributed by atoms with Crippen LogP contribution in [0.3, 0.4) is 0 Å². The van der Waals surface area contributed by atoms with Gasteiger partial charge in [0, 0.05) is 13.1 Å². The van der Waals surface area contributed by atoms with E-state index in [1.54, 1.807) is 11.8 Å². The minimum absolute atomic E-state index is 0.0939. The van der Waals surface area contributed by atoms with Crippen LogP contribution in [0.1, 0.15) is 19.8 Å². The molecule has 0 aliphatic carbocycles. The largest absolute Gasteiger partial charge is 0.469 e. The standard InChI is InChI=1S/C10H18N2O3/c1-7(11)9(13)12-5-3-4-8(6-12)10(14)15-2/h7-8H,3-6,11H2,1-2H3/t7-,8-/m0/s1. The Morgan fingerprint density at radius 3 is 2.73 bits per heavy atom. The first kappa shape index (κ1) is 12.0. The van der Waals surface area contributed by atoms with Crippen LogP contribution in [0.5, 0.6) is 0 Å². The number of nitrogens with zero attached hydrogens (tertiary/aromatic N) is 1. The van der Waals surface area contributed by atoms with Crippen molar-refractivity contribution in [3.8, 4) is 0 Å². The van der Waals surface area contributed by atoms with Gasteiger partial charge in [-0.1, -0.05) is 0 Å². The molecule has 1 fully saturated rings. The molecule has 5 heteroatoms. The van der Waals surface area contributed by atoms with Crippen LogP contribution in [0.2, 0.25) is 0 Å². The zero-order valence-corrected chi connectivity index (χ0v) is 9.23. The predicted octanol–water partition coefficient (Wildman–Crippen LogP) is -0.255. The molecule has 1 heterocycles. The summed E-state index contributed by atoms with van der Waals surface area (Å²) >= 11 is 0. The maximum absolute atomic E-state index is 11.6. The van der Waals surface area contributed by atoms with Crippen molar-refractivity contribution < 1.29 is 14.3 Å². The van der Waals surface area contributed by atoms with Crippen LogP contribution in [0.4, 0.5) is 0 Å². The molecule has 0 radical (unpaired) electrons. The smallest absolute Gasteiger partial charge is 0.310 e. The summed E-state index contributed by atoms with van der Waals surface area (Å²) in [6.45, 7) is 2.78. The Morgan fingerprint density at radius 2 is 2.20 bits per heavy atom. The molecule has 2 N–H and O–H groups in total. The molecule has 0 aromatic heterocycles. The molecule has 1 aliphatic heterocycles. The average Bonchev–Trinajstić information content (AvgIpc) is 2.27. The maximum Gasteiger partial charge on any atom is 0.310 e. The maximum atomic E-state index is 11.6. The lowest BCUT2D eigenvalue weighted by Gasteiger charge is -2.32. The minimum Gasteiger partial charge on any atom is -0.469 e. The van der Waals surface area contributed by atoms with Crippen LogP contribution >= 0.6 is 0 Å². The van der Waals surface area contributed by atoms with Gasteiger partial charge in [0.1, 0.15) is 0 Å². The van der Waals surface area contributed by atoms with E-state index in [1.807, 2.05) is 0 Å². The number of methoxy groups -OCH3 is 1. The number of carbonyl (C=O) groups excluding carboxylic acids is 2. The Balaban J connectivity index is 2.56. The van der Waals surface area contributed by atoms with Gasteiger partial charge in [-0.15, -0.1) is 0 Å². The second-order valence-electron chi connectivity index (χ2n) is 3.94. The van der Waals surface area contributed by atoms with Gasteiger partial charge in [-0.3, -0.25) is 9.59 Å². The van der Waals surface area contributed by atoms with E-state index in [0.717, 1.165) is 12.8 Å². The highest BCUT2D eigenvalue weighted by molar-refractivity contribution is 5.82. The van der Waals surface area contributed by atoms with Crippen molar-refractivity contribution in [3.05, 3.63) is 0 Å². The molecule has 15 heavy (non-hydrogen) atoms. The van der Waals surface area contributed by atoms with Crippen molar-refractivity contribution in [3.63, 3.8) is 0 Å². The lowest BCUT2D eigenvalue weighted by molar-refractivity contribution is -0.149. The Morgan fingerprint density at radius 1 is 1.53 bits per heavy atom. The van der Waals surface area contributed by atoms with E-state index in [4.69, 9.17) is 5.73 Å². The number of nitrogens with two attached hydrogens (primary N) is 1. The second kappa shape index (κ2) is 5.11. The SMILES string of the molecule is COC(=O)[C@H]1CCCN(C(=O)[C@H](C)N)C1. The zero-order chi connectivity index (χ0) is 11.4. The minimum atomic E-state index is -0.499. The summed E-state index contributed by atoms with van der Waals surface area (Å²) < 4.78 is 4.67. The van der Waals surface area contributed by atoms with Crippen LogP contribution in [0, 0.1) is 5.92 Å². The lowest BCUT2D eigenvalue weighted by atomic mass is 9.98. The summed E-state index contributed by atoms with van der Waals surface area (Å²) in [6, 6.07) is -0.499. The number of piperidine rings is 1. The zero-order valence-electron chi connectivity index (χ0n) is 9.23.